The maximum atomic E-state index is 10.2. The van der Waals surface area contributed by atoms with E-state index in [0.717, 1.165) is 23.5 Å². The highest BCUT2D eigenvalue weighted by Crippen LogP contribution is 2.38. The van der Waals surface area contributed by atoms with Crippen molar-refractivity contribution < 1.29 is 5.11 Å². The quantitative estimate of drug-likeness (QED) is 0.703. The Morgan fingerprint density at radius 2 is 2.46 bits per heavy atom. The second kappa shape index (κ2) is 3.20. The van der Waals surface area contributed by atoms with E-state index in [1.807, 2.05) is 0 Å². The molecule has 1 aliphatic rings. The summed E-state index contributed by atoms with van der Waals surface area (Å²) < 4.78 is 0. The van der Waals surface area contributed by atoms with Crippen molar-refractivity contribution in [2.45, 2.75) is 12.0 Å². The van der Waals surface area contributed by atoms with Gasteiger partial charge in [-0.25, -0.2) is 0 Å². The number of rotatable bonds is 1. The number of aliphatic hydroxyl groups is 1. The van der Waals surface area contributed by atoms with Crippen LogP contribution in [0.3, 0.4) is 0 Å². The van der Waals surface area contributed by atoms with Gasteiger partial charge in [-0.05, 0) is 18.2 Å². The first-order valence-corrected chi connectivity index (χ1v) is 5.38. The van der Waals surface area contributed by atoms with Crippen LogP contribution in [-0.2, 0) is 5.60 Å². The molecule has 2 heterocycles. The molecule has 1 saturated heterocycles. The zero-order valence-corrected chi connectivity index (χ0v) is 8.05. The molecule has 4 heteroatoms. The SMILES string of the molecule is Nc1ccncc1C1(O)CCSC1. The van der Waals surface area contributed by atoms with Gasteiger partial charge in [0, 0.05) is 29.4 Å². The van der Waals surface area contributed by atoms with Gasteiger partial charge in [-0.15, -0.1) is 0 Å². The molecule has 2 rings (SSSR count). The fourth-order valence-electron chi connectivity index (χ4n) is 1.56. The topological polar surface area (TPSA) is 59.1 Å². The smallest absolute Gasteiger partial charge is 0.103 e. The zero-order chi connectivity index (χ0) is 9.31. The van der Waals surface area contributed by atoms with Crippen LogP contribution in [0.1, 0.15) is 12.0 Å². The standard InChI is InChI=1S/C9H12N2OS/c10-8-1-3-11-5-7(8)9(12)2-4-13-6-9/h1,3,5,12H,2,4,6H2,(H2,10,11). The molecule has 0 spiro atoms. The van der Waals surface area contributed by atoms with Crippen LogP contribution in [-0.4, -0.2) is 21.6 Å². The Labute approximate surface area is 81.4 Å². The molecule has 70 valence electrons. The molecular formula is C9H12N2OS. The molecule has 0 amide bonds. The minimum Gasteiger partial charge on any atom is -0.398 e. The summed E-state index contributed by atoms with van der Waals surface area (Å²) >= 11 is 1.75. The highest BCUT2D eigenvalue weighted by molar-refractivity contribution is 7.99. The van der Waals surface area contributed by atoms with Gasteiger partial charge in [0.05, 0.1) is 0 Å². The molecule has 1 fully saturated rings. The summed E-state index contributed by atoms with van der Waals surface area (Å²) in [4.78, 5) is 3.99. The average molecular weight is 196 g/mol. The van der Waals surface area contributed by atoms with Crippen molar-refractivity contribution in [1.29, 1.82) is 0 Å². The van der Waals surface area contributed by atoms with E-state index in [4.69, 9.17) is 5.73 Å². The number of nitrogens with two attached hydrogens (primary N) is 1. The lowest BCUT2D eigenvalue weighted by Gasteiger charge is -2.22. The van der Waals surface area contributed by atoms with Crippen molar-refractivity contribution in [2.24, 2.45) is 0 Å². The van der Waals surface area contributed by atoms with Gasteiger partial charge in [-0.2, -0.15) is 11.8 Å². The number of nitrogens with zero attached hydrogens (tertiary/aromatic N) is 1. The van der Waals surface area contributed by atoms with Gasteiger partial charge in [-0.3, -0.25) is 4.98 Å². The highest BCUT2D eigenvalue weighted by atomic mass is 32.2. The van der Waals surface area contributed by atoms with Gasteiger partial charge in [0.1, 0.15) is 5.60 Å². The lowest BCUT2D eigenvalue weighted by molar-refractivity contribution is 0.0662. The van der Waals surface area contributed by atoms with Crippen LogP contribution in [0, 0.1) is 0 Å². The van der Waals surface area contributed by atoms with E-state index < -0.39 is 5.60 Å². The van der Waals surface area contributed by atoms with Gasteiger partial charge in [-0.1, -0.05) is 0 Å². The summed E-state index contributed by atoms with van der Waals surface area (Å²) in [6.45, 7) is 0. The summed E-state index contributed by atoms with van der Waals surface area (Å²) in [5.74, 6) is 1.72. The molecule has 13 heavy (non-hydrogen) atoms. The first kappa shape index (κ1) is 8.84. The molecule has 0 aliphatic carbocycles. The summed E-state index contributed by atoms with van der Waals surface area (Å²) in [5.41, 5.74) is 6.45. The van der Waals surface area contributed by atoms with Crippen LogP contribution in [0.15, 0.2) is 18.5 Å². The lowest BCUT2D eigenvalue weighted by Crippen LogP contribution is -2.26. The fraction of sp³-hybridized carbons (Fsp3) is 0.444. The number of thioether (sulfide) groups is 1. The predicted molar refractivity (Wildman–Crippen MR) is 54.5 cm³/mol. The van der Waals surface area contributed by atoms with Crippen molar-refractivity contribution in [1.82, 2.24) is 4.98 Å². The molecule has 0 saturated carbocycles. The Hall–Kier alpha value is -0.740. The van der Waals surface area contributed by atoms with Gasteiger partial charge in [0.15, 0.2) is 0 Å². The molecule has 1 aromatic rings. The van der Waals surface area contributed by atoms with Gasteiger partial charge < -0.3 is 10.8 Å². The fourth-order valence-corrected chi connectivity index (χ4v) is 2.82. The molecule has 0 aromatic carbocycles. The number of pyridine rings is 1. The molecule has 1 aliphatic heterocycles. The van der Waals surface area contributed by atoms with Crippen LogP contribution in [0.4, 0.5) is 5.69 Å². The maximum Gasteiger partial charge on any atom is 0.103 e. The molecular weight excluding hydrogens is 184 g/mol. The summed E-state index contributed by atoms with van der Waals surface area (Å²) in [6, 6.07) is 1.73. The third-order valence-corrected chi connectivity index (χ3v) is 3.53. The number of aromatic nitrogens is 1. The van der Waals surface area contributed by atoms with Crippen LogP contribution in [0.2, 0.25) is 0 Å². The second-order valence-electron chi connectivity index (χ2n) is 3.30. The van der Waals surface area contributed by atoms with E-state index in [9.17, 15) is 5.11 Å². The van der Waals surface area contributed by atoms with Crippen molar-refractivity contribution in [3.8, 4) is 0 Å². The van der Waals surface area contributed by atoms with E-state index in [1.54, 1.807) is 30.2 Å². The van der Waals surface area contributed by atoms with Crippen molar-refractivity contribution >= 4 is 17.4 Å². The van der Waals surface area contributed by atoms with Crippen LogP contribution in [0.5, 0.6) is 0 Å². The van der Waals surface area contributed by atoms with Crippen LogP contribution in [0.25, 0.3) is 0 Å². The molecule has 3 N–H and O–H groups in total. The molecule has 0 radical (unpaired) electrons. The molecule has 3 nitrogen and oxygen atoms in total. The largest absolute Gasteiger partial charge is 0.398 e. The summed E-state index contributed by atoms with van der Waals surface area (Å²) in [5, 5.41) is 10.2. The van der Waals surface area contributed by atoms with Crippen LogP contribution >= 0.6 is 11.8 Å². The average Bonchev–Trinajstić information content (AvgIpc) is 2.54. The van der Waals surface area contributed by atoms with Crippen LogP contribution < -0.4 is 5.73 Å². The number of anilines is 1. The minimum atomic E-state index is -0.747. The second-order valence-corrected chi connectivity index (χ2v) is 4.40. The monoisotopic (exact) mass is 196 g/mol. The Morgan fingerprint density at radius 3 is 3.08 bits per heavy atom. The van der Waals surface area contributed by atoms with E-state index >= 15 is 0 Å². The van der Waals surface area contributed by atoms with E-state index in [-0.39, 0.29) is 0 Å². The Kier molecular flexibility index (Phi) is 2.17. The molecule has 1 aromatic heterocycles. The predicted octanol–water partition coefficient (Wildman–Crippen LogP) is 0.988. The molecule has 1 atom stereocenters. The zero-order valence-electron chi connectivity index (χ0n) is 7.23. The van der Waals surface area contributed by atoms with E-state index in [1.165, 1.54) is 0 Å². The first-order valence-electron chi connectivity index (χ1n) is 4.22. The highest BCUT2D eigenvalue weighted by Gasteiger charge is 2.35. The Bertz CT molecular complexity index is 310. The minimum absolute atomic E-state index is 0.639. The maximum absolute atomic E-state index is 10.2. The van der Waals surface area contributed by atoms with Gasteiger partial charge in [0.25, 0.3) is 0 Å². The number of nitrogen functional groups attached to an aromatic ring is 1. The van der Waals surface area contributed by atoms with Crippen molar-refractivity contribution in [3.05, 3.63) is 24.0 Å². The molecule has 0 bridgehead atoms. The lowest BCUT2D eigenvalue weighted by atomic mass is 9.94. The van der Waals surface area contributed by atoms with Gasteiger partial charge >= 0.3 is 0 Å². The third-order valence-electron chi connectivity index (χ3n) is 2.36. The third kappa shape index (κ3) is 1.51. The number of hydrogen-bond acceptors (Lipinski definition) is 4. The summed E-state index contributed by atoms with van der Waals surface area (Å²) in [7, 11) is 0. The van der Waals surface area contributed by atoms with E-state index in [2.05, 4.69) is 4.98 Å². The van der Waals surface area contributed by atoms with Gasteiger partial charge in [0.2, 0.25) is 0 Å². The Balaban J connectivity index is 2.39. The Morgan fingerprint density at radius 1 is 1.62 bits per heavy atom. The molecule has 1 unspecified atom stereocenters. The van der Waals surface area contributed by atoms with Crippen molar-refractivity contribution in [3.63, 3.8) is 0 Å². The first-order chi connectivity index (χ1) is 6.22. The normalized spacial score (nSPS) is 27.8. The van der Waals surface area contributed by atoms with E-state index in [0.29, 0.717) is 5.69 Å². The van der Waals surface area contributed by atoms with Crippen molar-refractivity contribution in [2.75, 3.05) is 17.2 Å². The summed E-state index contributed by atoms with van der Waals surface area (Å²) in [6.07, 6.45) is 4.08. The number of hydrogen-bond donors (Lipinski definition) is 2.